The van der Waals surface area contributed by atoms with Crippen LogP contribution in [-0.4, -0.2) is 10.5 Å². The standard InChI is InChI=1S/C12H11ClFN3O/c1-17-6-7(13)4-11(17)12(18)16-8-2-3-9(14)10(15)5-8/h2-6H,15H2,1H3,(H,16,18). The summed E-state index contributed by atoms with van der Waals surface area (Å²) >= 11 is 5.79. The van der Waals surface area contributed by atoms with E-state index in [0.29, 0.717) is 16.4 Å². The molecule has 0 saturated carbocycles. The van der Waals surface area contributed by atoms with Crippen LogP contribution in [0.25, 0.3) is 0 Å². The molecule has 2 rings (SSSR count). The first kappa shape index (κ1) is 12.4. The lowest BCUT2D eigenvalue weighted by molar-refractivity contribution is 0.101. The lowest BCUT2D eigenvalue weighted by Gasteiger charge is -2.07. The van der Waals surface area contributed by atoms with Crippen molar-refractivity contribution in [3.8, 4) is 0 Å². The summed E-state index contributed by atoms with van der Waals surface area (Å²) in [5.74, 6) is -0.856. The second-order valence-electron chi connectivity index (χ2n) is 3.84. The van der Waals surface area contributed by atoms with Gasteiger partial charge in [-0.05, 0) is 24.3 Å². The number of carbonyl (C=O) groups is 1. The molecule has 18 heavy (non-hydrogen) atoms. The number of nitrogens with two attached hydrogens (primary N) is 1. The summed E-state index contributed by atoms with van der Waals surface area (Å²) in [7, 11) is 1.71. The highest BCUT2D eigenvalue weighted by atomic mass is 35.5. The van der Waals surface area contributed by atoms with Crippen LogP contribution in [0.4, 0.5) is 15.8 Å². The molecule has 0 saturated heterocycles. The predicted octanol–water partition coefficient (Wildman–Crippen LogP) is 2.65. The Morgan fingerprint density at radius 1 is 1.44 bits per heavy atom. The molecular weight excluding hydrogens is 257 g/mol. The zero-order valence-electron chi connectivity index (χ0n) is 9.58. The third kappa shape index (κ3) is 2.46. The number of carbonyl (C=O) groups excluding carboxylic acids is 1. The van der Waals surface area contributed by atoms with Crippen molar-refractivity contribution in [2.75, 3.05) is 11.1 Å². The number of aryl methyl sites for hydroxylation is 1. The first-order valence-electron chi connectivity index (χ1n) is 5.15. The fourth-order valence-electron chi connectivity index (χ4n) is 1.57. The highest BCUT2D eigenvalue weighted by molar-refractivity contribution is 6.31. The zero-order valence-corrected chi connectivity index (χ0v) is 10.3. The van der Waals surface area contributed by atoms with Crippen LogP contribution in [-0.2, 0) is 7.05 Å². The van der Waals surface area contributed by atoms with Crippen molar-refractivity contribution < 1.29 is 9.18 Å². The molecule has 6 heteroatoms. The molecule has 1 aromatic heterocycles. The molecule has 1 amide bonds. The van der Waals surface area contributed by atoms with Gasteiger partial charge in [0.1, 0.15) is 11.5 Å². The Morgan fingerprint density at radius 2 is 2.17 bits per heavy atom. The maximum absolute atomic E-state index is 13.0. The molecule has 0 fully saturated rings. The largest absolute Gasteiger partial charge is 0.396 e. The SMILES string of the molecule is Cn1cc(Cl)cc1C(=O)Nc1ccc(F)c(N)c1. The zero-order chi connectivity index (χ0) is 13.3. The van der Waals surface area contributed by atoms with Gasteiger partial charge in [-0.25, -0.2) is 4.39 Å². The second kappa shape index (κ2) is 4.70. The first-order valence-corrected chi connectivity index (χ1v) is 5.53. The van der Waals surface area contributed by atoms with Gasteiger partial charge in [-0.2, -0.15) is 0 Å². The smallest absolute Gasteiger partial charge is 0.272 e. The Hall–Kier alpha value is -2.01. The van der Waals surface area contributed by atoms with Crippen LogP contribution < -0.4 is 11.1 Å². The molecule has 0 bridgehead atoms. The summed E-state index contributed by atoms with van der Waals surface area (Å²) < 4.78 is 14.6. The fourth-order valence-corrected chi connectivity index (χ4v) is 1.82. The molecule has 0 aliphatic rings. The van der Waals surface area contributed by atoms with Gasteiger partial charge < -0.3 is 15.6 Å². The number of anilines is 2. The minimum absolute atomic E-state index is 0.0160. The van der Waals surface area contributed by atoms with E-state index in [1.807, 2.05) is 0 Å². The van der Waals surface area contributed by atoms with Crippen molar-refractivity contribution in [1.29, 1.82) is 0 Å². The van der Waals surface area contributed by atoms with Crippen LogP contribution in [0.3, 0.4) is 0 Å². The van der Waals surface area contributed by atoms with E-state index in [1.165, 1.54) is 18.2 Å². The highest BCUT2D eigenvalue weighted by Crippen LogP contribution is 2.18. The van der Waals surface area contributed by atoms with E-state index in [0.717, 1.165) is 0 Å². The molecule has 4 nitrogen and oxygen atoms in total. The van der Waals surface area contributed by atoms with Crippen LogP contribution in [0.15, 0.2) is 30.5 Å². The van der Waals surface area contributed by atoms with Crippen LogP contribution in [0.2, 0.25) is 5.02 Å². The Morgan fingerprint density at radius 3 is 2.72 bits per heavy atom. The molecule has 0 radical (unpaired) electrons. The Bertz CT molecular complexity index is 609. The third-order valence-corrected chi connectivity index (χ3v) is 2.66. The Kier molecular flexibility index (Phi) is 3.25. The maximum atomic E-state index is 13.0. The van der Waals surface area contributed by atoms with E-state index in [-0.39, 0.29) is 11.6 Å². The van der Waals surface area contributed by atoms with Crippen molar-refractivity contribution in [1.82, 2.24) is 4.57 Å². The predicted molar refractivity (Wildman–Crippen MR) is 69.2 cm³/mol. The van der Waals surface area contributed by atoms with Crippen molar-refractivity contribution in [3.63, 3.8) is 0 Å². The molecule has 1 aromatic carbocycles. The summed E-state index contributed by atoms with van der Waals surface area (Å²) in [6.45, 7) is 0. The van der Waals surface area contributed by atoms with Crippen LogP contribution in [0.5, 0.6) is 0 Å². The molecule has 0 atom stereocenters. The number of rotatable bonds is 2. The lowest BCUT2D eigenvalue weighted by atomic mass is 10.2. The fraction of sp³-hybridized carbons (Fsp3) is 0.0833. The van der Waals surface area contributed by atoms with Crippen LogP contribution >= 0.6 is 11.6 Å². The molecular formula is C12H11ClFN3O. The van der Waals surface area contributed by atoms with Crippen molar-refractivity contribution in [2.45, 2.75) is 0 Å². The van der Waals surface area contributed by atoms with Crippen molar-refractivity contribution >= 4 is 28.9 Å². The minimum Gasteiger partial charge on any atom is -0.396 e. The van der Waals surface area contributed by atoms with Crippen LogP contribution in [0, 0.1) is 5.82 Å². The number of hydrogen-bond donors (Lipinski definition) is 2. The van der Waals surface area contributed by atoms with Gasteiger partial charge in [0.2, 0.25) is 0 Å². The monoisotopic (exact) mass is 267 g/mol. The average molecular weight is 268 g/mol. The number of nitrogens with zero attached hydrogens (tertiary/aromatic N) is 1. The summed E-state index contributed by atoms with van der Waals surface area (Å²) in [6, 6.07) is 5.54. The van der Waals surface area contributed by atoms with Gasteiger partial charge in [0.05, 0.1) is 10.7 Å². The van der Waals surface area contributed by atoms with Crippen molar-refractivity contribution in [3.05, 3.63) is 47.0 Å². The average Bonchev–Trinajstić information content (AvgIpc) is 2.63. The molecule has 1 heterocycles. The number of halogens is 2. The second-order valence-corrected chi connectivity index (χ2v) is 4.28. The Labute approximate surface area is 108 Å². The van der Waals surface area contributed by atoms with Crippen LogP contribution in [0.1, 0.15) is 10.5 Å². The lowest BCUT2D eigenvalue weighted by Crippen LogP contribution is -2.15. The van der Waals surface area contributed by atoms with E-state index >= 15 is 0 Å². The van der Waals surface area contributed by atoms with E-state index in [9.17, 15) is 9.18 Å². The normalized spacial score (nSPS) is 10.4. The van der Waals surface area contributed by atoms with Gasteiger partial charge in [0, 0.05) is 18.9 Å². The van der Waals surface area contributed by atoms with E-state index in [4.69, 9.17) is 17.3 Å². The molecule has 94 valence electrons. The summed E-state index contributed by atoms with van der Waals surface area (Å²) in [5, 5.41) is 3.09. The minimum atomic E-state index is -0.519. The van der Waals surface area contributed by atoms with Gasteiger partial charge >= 0.3 is 0 Å². The van der Waals surface area contributed by atoms with E-state index < -0.39 is 5.82 Å². The summed E-state index contributed by atoms with van der Waals surface area (Å²) in [5.41, 5.74) is 6.23. The summed E-state index contributed by atoms with van der Waals surface area (Å²) in [4.78, 5) is 11.9. The first-order chi connectivity index (χ1) is 8.47. The number of amides is 1. The molecule has 0 spiro atoms. The quantitative estimate of drug-likeness (QED) is 0.822. The number of benzene rings is 1. The highest BCUT2D eigenvalue weighted by Gasteiger charge is 2.11. The Balaban J connectivity index is 2.21. The number of nitrogens with one attached hydrogen (secondary N) is 1. The van der Waals surface area contributed by atoms with E-state index in [1.54, 1.807) is 23.9 Å². The van der Waals surface area contributed by atoms with Gasteiger partial charge in [0.25, 0.3) is 5.91 Å². The number of aromatic nitrogens is 1. The molecule has 2 aromatic rings. The molecule has 0 unspecified atom stereocenters. The summed E-state index contributed by atoms with van der Waals surface area (Å²) in [6.07, 6.45) is 1.62. The molecule has 0 aliphatic heterocycles. The number of hydrogen-bond acceptors (Lipinski definition) is 2. The number of nitrogen functional groups attached to an aromatic ring is 1. The molecule has 3 N–H and O–H groups in total. The third-order valence-electron chi connectivity index (χ3n) is 2.46. The van der Waals surface area contributed by atoms with Gasteiger partial charge in [-0.15, -0.1) is 0 Å². The topological polar surface area (TPSA) is 60.0 Å². The van der Waals surface area contributed by atoms with Gasteiger partial charge in [0.15, 0.2) is 0 Å². The molecule has 0 aliphatic carbocycles. The van der Waals surface area contributed by atoms with Gasteiger partial charge in [-0.1, -0.05) is 11.6 Å². The van der Waals surface area contributed by atoms with Crippen molar-refractivity contribution in [2.24, 2.45) is 7.05 Å². The van der Waals surface area contributed by atoms with Gasteiger partial charge in [-0.3, -0.25) is 4.79 Å². The maximum Gasteiger partial charge on any atom is 0.272 e. The van der Waals surface area contributed by atoms with E-state index in [2.05, 4.69) is 5.32 Å².